The molecule has 0 aliphatic carbocycles. The molecule has 1 aliphatic rings. The van der Waals surface area contributed by atoms with Crippen LogP contribution in [-0.4, -0.2) is 62.7 Å². The van der Waals surface area contributed by atoms with E-state index in [2.05, 4.69) is 23.9 Å². The summed E-state index contributed by atoms with van der Waals surface area (Å²) in [6.07, 6.45) is 1.78. The highest BCUT2D eigenvalue weighted by molar-refractivity contribution is 5.69. The number of rotatable bonds is 6. The third kappa shape index (κ3) is 4.94. The van der Waals surface area contributed by atoms with Gasteiger partial charge in [-0.15, -0.1) is 0 Å². The maximum atomic E-state index is 11.2. The molecule has 16 heavy (non-hydrogen) atoms. The number of esters is 1. The Kier molecular flexibility index (Phi) is 5.77. The summed E-state index contributed by atoms with van der Waals surface area (Å²) in [5.74, 6) is 0.676. The zero-order chi connectivity index (χ0) is 12.0. The third-order valence-electron chi connectivity index (χ3n) is 3.06. The number of likely N-dealkylation sites (tertiary alicyclic amines) is 1. The van der Waals surface area contributed by atoms with Crippen LogP contribution in [-0.2, 0) is 9.53 Å². The summed E-state index contributed by atoms with van der Waals surface area (Å²) in [4.78, 5) is 15.8. The van der Waals surface area contributed by atoms with Gasteiger partial charge in [-0.05, 0) is 39.9 Å². The Balaban J connectivity index is 2.11. The van der Waals surface area contributed by atoms with E-state index < -0.39 is 0 Å². The predicted octanol–water partition coefficient (Wildman–Crippen LogP) is 0.823. The van der Waals surface area contributed by atoms with Crippen molar-refractivity contribution in [2.24, 2.45) is 5.92 Å². The van der Waals surface area contributed by atoms with Gasteiger partial charge in [-0.1, -0.05) is 0 Å². The van der Waals surface area contributed by atoms with Crippen LogP contribution in [0, 0.1) is 5.92 Å². The Labute approximate surface area is 98.5 Å². The molecule has 94 valence electrons. The Bertz CT molecular complexity index is 221. The molecule has 0 spiro atoms. The predicted molar refractivity (Wildman–Crippen MR) is 64.4 cm³/mol. The molecule has 1 unspecified atom stereocenters. The average Bonchev–Trinajstić information content (AvgIpc) is 2.61. The fourth-order valence-corrected chi connectivity index (χ4v) is 2.22. The van der Waals surface area contributed by atoms with E-state index in [0.717, 1.165) is 19.0 Å². The minimum Gasteiger partial charge on any atom is -0.466 e. The zero-order valence-corrected chi connectivity index (χ0v) is 10.7. The molecule has 1 rings (SSSR count). The molecule has 1 saturated heterocycles. The second-order valence-corrected chi connectivity index (χ2v) is 4.73. The minimum absolute atomic E-state index is 0.0853. The smallest absolute Gasteiger partial charge is 0.307 e. The first-order valence-electron chi connectivity index (χ1n) is 6.14. The molecule has 4 heteroatoms. The van der Waals surface area contributed by atoms with Gasteiger partial charge in [0.2, 0.25) is 0 Å². The lowest BCUT2D eigenvalue weighted by atomic mass is 10.1. The van der Waals surface area contributed by atoms with Gasteiger partial charge in [-0.3, -0.25) is 4.79 Å². The Morgan fingerprint density at radius 1 is 1.56 bits per heavy atom. The lowest BCUT2D eigenvalue weighted by Crippen LogP contribution is -2.29. The summed E-state index contributed by atoms with van der Waals surface area (Å²) in [5.41, 5.74) is 0. The Hall–Kier alpha value is -0.610. The van der Waals surface area contributed by atoms with E-state index in [1.54, 1.807) is 0 Å². The fraction of sp³-hybridized carbons (Fsp3) is 0.917. The van der Waals surface area contributed by atoms with E-state index in [-0.39, 0.29) is 5.97 Å². The molecule has 0 saturated carbocycles. The van der Waals surface area contributed by atoms with Gasteiger partial charge in [0.25, 0.3) is 0 Å². The summed E-state index contributed by atoms with van der Waals surface area (Å²) in [6, 6.07) is 0. The van der Waals surface area contributed by atoms with Crippen LogP contribution in [0.25, 0.3) is 0 Å². The highest BCUT2D eigenvalue weighted by atomic mass is 16.5. The van der Waals surface area contributed by atoms with Gasteiger partial charge in [-0.25, -0.2) is 0 Å². The van der Waals surface area contributed by atoms with E-state index in [1.807, 2.05) is 6.92 Å². The van der Waals surface area contributed by atoms with Gasteiger partial charge < -0.3 is 14.5 Å². The summed E-state index contributed by atoms with van der Waals surface area (Å²) >= 11 is 0. The molecule has 1 heterocycles. The summed E-state index contributed by atoms with van der Waals surface area (Å²) in [6.45, 7) is 6.61. The van der Waals surface area contributed by atoms with E-state index in [1.165, 1.54) is 19.5 Å². The number of hydrogen-bond donors (Lipinski definition) is 0. The van der Waals surface area contributed by atoms with Crippen molar-refractivity contribution >= 4 is 5.97 Å². The van der Waals surface area contributed by atoms with Crippen LogP contribution in [0.4, 0.5) is 0 Å². The van der Waals surface area contributed by atoms with Crippen molar-refractivity contribution in [2.45, 2.75) is 19.8 Å². The first-order chi connectivity index (χ1) is 7.61. The van der Waals surface area contributed by atoms with Gasteiger partial charge >= 0.3 is 5.97 Å². The molecule has 1 aliphatic heterocycles. The summed E-state index contributed by atoms with van der Waals surface area (Å²) < 4.78 is 4.91. The molecule has 0 amide bonds. The molecular formula is C12H24N2O2. The van der Waals surface area contributed by atoms with Gasteiger partial charge in [0.05, 0.1) is 13.0 Å². The number of hydrogen-bond acceptors (Lipinski definition) is 4. The molecule has 0 N–H and O–H groups in total. The molecule has 0 bridgehead atoms. The van der Waals surface area contributed by atoms with Crippen LogP contribution >= 0.6 is 0 Å². The topological polar surface area (TPSA) is 32.8 Å². The van der Waals surface area contributed by atoms with E-state index in [9.17, 15) is 4.79 Å². The van der Waals surface area contributed by atoms with Crippen LogP contribution in [0.2, 0.25) is 0 Å². The largest absolute Gasteiger partial charge is 0.466 e. The van der Waals surface area contributed by atoms with Gasteiger partial charge in [0, 0.05) is 19.6 Å². The van der Waals surface area contributed by atoms with Crippen LogP contribution in [0.5, 0.6) is 0 Å². The maximum Gasteiger partial charge on any atom is 0.307 e. The second-order valence-electron chi connectivity index (χ2n) is 4.73. The van der Waals surface area contributed by atoms with Crippen molar-refractivity contribution in [3.63, 3.8) is 0 Å². The Morgan fingerprint density at radius 2 is 2.31 bits per heavy atom. The molecular weight excluding hydrogens is 204 g/mol. The number of carbonyl (C=O) groups excluding carboxylic acids is 1. The monoisotopic (exact) mass is 228 g/mol. The molecule has 0 aromatic carbocycles. The lowest BCUT2D eigenvalue weighted by molar-refractivity contribution is -0.143. The quantitative estimate of drug-likeness (QED) is 0.630. The van der Waals surface area contributed by atoms with Gasteiger partial charge in [0.15, 0.2) is 0 Å². The maximum absolute atomic E-state index is 11.2. The number of nitrogens with zero attached hydrogens (tertiary/aromatic N) is 2. The van der Waals surface area contributed by atoms with Crippen molar-refractivity contribution in [2.75, 3.05) is 46.9 Å². The van der Waals surface area contributed by atoms with Crippen molar-refractivity contribution in [3.8, 4) is 0 Å². The fourth-order valence-electron chi connectivity index (χ4n) is 2.22. The Morgan fingerprint density at radius 3 is 2.88 bits per heavy atom. The van der Waals surface area contributed by atoms with Gasteiger partial charge in [-0.2, -0.15) is 0 Å². The van der Waals surface area contributed by atoms with Gasteiger partial charge in [0.1, 0.15) is 0 Å². The average molecular weight is 228 g/mol. The van der Waals surface area contributed by atoms with E-state index in [0.29, 0.717) is 13.0 Å². The molecule has 0 radical (unpaired) electrons. The van der Waals surface area contributed by atoms with Crippen molar-refractivity contribution in [3.05, 3.63) is 0 Å². The first kappa shape index (κ1) is 13.5. The molecule has 0 aromatic heterocycles. The van der Waals surface area contributed by atoms with Crippen LogP contribution in [0.15, 0.2) is 0 Å². The summed E-state index contributed by atoms with van der Waals surface area (Å²) in [5, 5.41) is 0. The molecule has 4 nitrogen and oxygen atoms in total. The van der Waals surface area contributed by atoms with E-state index in [4.69, 9.17) is 4.74 Å². The van der Waals surface area contributed by atoms with Crippen LogP contribution in [0.3, 0.4) is 0 Å². The normalized spacial score (nSPS) is 21.6. The number of carbonyl (C=O) groups is 1. The number of ether oxygens (including phenoxy) is 1. The highest BCUT2D eigenvalue weighted by Crippen LogP contribution is 2.15. The zero-order valence-electron chi connectivity index (χ0n) is 10.7. The SMILES string of the molecule is CCOC(=O)CCN(C)CC1CCN(C)C1. The van der Waals surface area contributed by atoms with Crippen molar-refractivity contribution < 1.29 is 9.53 Å². The molecule has 0 aromatic rings. The molecule has 1 atom stereocenters. The third-order valence-corrected chi connectivity index (χ3v) is 3.06. The van der Waals surface area contributed by atoms with E-state index >= 15 is 0 Å². The minimum atomic E-state index is -0.0853. The highest BCUT2D eigenvalue weighted by Gasteiger charge is 2.20. The summed E-state index contributed by atoms with van der Waals surface area (Å²) in [7, 11) is 4.25. The lowest BCUT2D eigenvalue weighted by Gasteiger charge is -2.20. The van der Waals surface area contributed by atoms with Crippen LogP contribution in [0.1, 0.15) is 19.8 Å². The first-order valence-corrected chi connectivity index (χ1v) is 6.14. The molecule has 1 fully saturated rings. The van der Waals surface area contributed by atoms with Crippen molar-refractivity contribution in [1.82, 2.24) is 9.80 Å². The standard InChI is InChI=1S/C12H24N2O2/c1-4-16-12(15)6-8-14(3)10-11-5-7-13(2)9-11/h11H,4-10H2,1-3H3. The van der Waals surface area contributed by atoms with Crippen LogP contribution < -0.4 is 0 Å². The van der Waals surface area contributed by atoms with Crippen molar-refractivity contribution in [1.29, 1.82) is 0 Å². The second kappa shape index (κ2) is 6.86.